The van der Waals surface area contributed by atoms with Gasteiger partial charge in [0.1, 0.15) is 5.75 Å². The summed E-state index contributed by atoms with van der Waals surface area (Å²) in [5, 5.41) is 10.3. The number of rotatable bonds is 2. The van der Waals surface area contributed by atoms with Gasteiger partial charge in [-0.05, 0) is 43.6 Å². The van der Waals surface area contributed by atoms with Gasteiger partial charge in [-0.3, -0.25) is 0 Å². The SMILES string of the molecule is Cc1cc(C)c(O)c(C(C)(C)C2CCCC2)c1. The van der Waals surface area contributed by atoms with E-state index in [-0.39, 0.29) is 5.41 Å². The van der Waals surface area contributed by atoms with E-state index in [2.05, 4.69) is 32.9 Å². The lowest BCUT2D eigenvalue weighted by atomic mass is 9.71. The summed E-state index contributed by atoms with van der Waals surface area (Å²) in [7, 11) is 0. The summed E-state index contributed by atoms with van der Waals surface area (Å²) in [5.41, 5.74) is 3.49. The molecule has 2 rings (SSSR count). The van der Waals surface area contributed by atoms with E-state index >= 15 is 0 Å². The molecule has 1 aliphatic rings. The predicted molar refractivity (Wildman–Crippen MR) is 72.6 cm³/mol. The quantitative estimate of drug-likeness (QED) is 0.797. The summed E-state index contributed by atoms with van der Waals surface area (Å²) in [4.78, 5) is 0. The van der Waals surface area contributed by atoms with Crippen molar-refractivity contribution in [2.75, 3.05) is 0 Å². The summed E-state index contributed by atoms with van der Waals surface area (Å²) in [6, 6.07) is 4.23. The van der Waals surface area contributed by atoms with E-state index in [1.807, 2.05) is 6.92 Å². The Labute approximate surface area is 105 Å². The molecule has 0 spiro atoms. The Hall–Kier alpha value is -0.980. The van der Waals surface area contributed by atoms with Crippen LogP contribution in [0.2, 0.25) is 0 Å². The lowest BCUT2D eigenvalue weighted by molar-refractivity contribution is 0.312. The molecule has 1 heteroatoms. The number of aryl methyl sites for hydroxylation is 2. The van der Waals surface area contributed by atoms with Crippen LogP contribution < -0.4 is 0 Å². The van der Waals surface area contributed by atoms with Gasteiger partial charge < -0.3 is 5.11 Å². The summed E-state index contributed by atoms with van der Waals surface area (Å²) in [6.07, 6.45) is 5.30. The van der Waals surface area contributed by atoms with Gasteiger partial charge in [-0.2, -0.15) is 0 Å². The lowest BCUT2D eigenvalue weighted by Gasteiger charge is -2.33. The minimum absolute atomic E-state index is 0.0946. The smallest absolute Gasteiger partial charge is 0.122 e. The third-order valence-corrected chi connectivity index (χ3v) is 4.51. The van der Waals surface area contributed by atoms with Crippen LogP contribution >= 0.6 is 0 Å². The van der Waals surface area contributed by atoms with E-state index in [9.17, 15) is 5.11 Å². The van der Waals surface area contributed by atoms with Gasteiger partial charge in [0.2, 0.25) is 0 Å². The van der Waals surface area contributed by atoms with Gasteiger partial charge in [0.15, 0.2) is 0 Å². The van der Waals surface area contributed by atoms with Crippen LogP contribution in [-0.4, -0.2) is 5.11 Å². The predicted octanol–water partition coefficient (Wildman–Crippen LogP) is 4.48. The summed E-state index contributed by atoms with van der Waals surface area (Å²) in [6.45, 7) is 8.69. The lowest BCUT2D eigenvalue weighted by Crippen LogP contribution is -2.27. The highest BCUT2D eigenvalue weighted by atomic mass is 16.3. The highest BCUT2D eigenvalue weighted by molar-refractivity contribution is 5.46. The number of hydrogen-bond acceptors (Lipinski definition) is 1. The fourth-order valence-corrected chi connectivity index (χ4v) is 3.32. The molecule has 0 radical (unpaired) electrons. The van der Waals surface area contributed by atoms with Crippen molar-refractivity contribution in [3.8, 4) is 5.75 Å². The Morgan fingerprint density at radius 2 is 1.71 bits per heavy atom. The van der Waals surface area contributed by atoms with E-state index in [1.54, 1.807) is 0 Å². The second-order valence-electron chi connectivity index (χ2n) is 6.18. The fourth-order valence-electron chi connectivity index (χ4n) is 3.32. The van der Waals surface area contributed by atoms with Gasteiger partial charge in [0.05, 0.1) is 0 Å². The molecule has 1 fully saturated rings. The first kappa shape index (κ1) is 12.5. The molecule has 0 amide bonds. The zero-order valence-electron chi connectivity index (χ0n) is 11.5. The number of benzene rings is 1. The van der Waals surface area contributed by atoms with Crippen molar-refractivity contribution in [3.63, 3.8) is 0 Å². The molecule has 0 aliphatic heterocycles. The Kier molecular flexibility index (Phi) is 3.20. The third-order valence-electron chi connectivity index (χ3n) is 4.51. The molecule has 94 valence electrons. The van der Waals surface area contributed by atoms with Crippen LogP contribution in [0.4, 0.5) is 0 Å². The third kappa shape index (κ3) is 2.20. The van der Waals surface area contributed by atoms with E-state index in [0.717, 1.165) is 17.0 Å². The number of phenols is 1. The molecule has 1 N–H and O–H groups in total. The molecular formula is C16H24O. The Bertz CT molecular complexity index is 412. The van der Waals surface area contributed by atoms with Crippen molar-refractivity contribution >= 4 is 0 Å². The second-order valence-corrected chi connectivity index (χ2v) is 6.18. The molecule has 0 aromatic heterocycles. The molecule has 0 saturated heterocycles. The first-order valence-corrected chi connectivity index (χ1v) is 6.73. The normalized spacial score (nSPS) is 17.6. The average Bonchev–Trinajstić information content (AvgIpc) is 2.76. The second kappa shape index (κ2) is 4.36. The van der Waals surface area contributed by atoms with E-state index in [1.165, 1.54) is 31.2 Å². The van der Waals surface area contributed by atoms with Gasteiger partial charge in [-0.15, -0.1) is 0 Å². The molecule has 1 aromatic carbocycles. The van der Waals surface area contributed by atoms with Crippen LogP contribution in [0.25, 0.3) is 0 Å². The van der Waals surface area contributed by atoms with Crippen molar-refractivity contribution in [1.82, 2.24) is 0 Å². The maximum atomic E-state index is 10.3. The molecule has 0 heterocycles. The maximum Gasteiger partial charge on any atom is 0.122 e. The van der Waals surface area contributed by atoms with Crippen LogP contribution in [0, 0.1) is 19.8 Å². The Morgan fingerprint density at radius 3 is 2.29 bits per heavy atom. The van der Waals surface area contributed by atoms with Gasteiger partial charge in [-0.1, -0.05) is 44.4 Å². The van der Waals surface area contributed by atoms with Crippen molar-refractivity contribution in [2.45, 2.75) is 58.8 Å². The zero-order valence-corrected chi connectivity index (χ0v) is 11.5. The van der Waals surface area contributed by atoms with Crippen molar-refractivity contribution < 1.29 is 5.11 Å². The molecule has 17 heavy (non-hydrogen) atoms. The van der Waals surface area contributed by atoms with Crippen molar-refractivity contribution in [1.29, 1.82) is 0 Å². The van der Waals surface area contributed by atoms with Crippen LogP contribution in [-0.2, 0) is 5.41 Å². The Balaban J connectivity index is 2.44. The molecule has 1 aliphatic carbocycles. The topological polar surface area (TPSA) is 20.2 Å². The van der Waals surface area contributed by atoms with E-state index in [4.69, 9.17) is 0 Å². The zero-order chi connectivity index (χ0) is 12.6. The fraction of sp³-hybridized carbons (Fsp3) is 0.625. The van der Waals surface area contributed by atoms with E-state index < -0.39 is 0 Å². The number of phenolic OH excluding ortho intramolecular Hbond substituents is 1. The van der Waals surface area contributed by atoms with E-state index in [0.29, 0.717) is 5.75 Å². The molecule has 0 bridgehead atoms. The van der Waals surface area contributed by atoms with Crippen molar-refractivity contribution in [3.05, 3.63) is 28.8 Å². The molecule has 1 saturated carbocycles. The minimum Gasteiger partial charge on any atom is -0.507 e. The first-order valence-electron chi connectivity index (χ1n) is 6.73. The van der Waals surface area contributed by atoms with Crippen LogP contribution in [0.3, 0.4) is 0 Å². The van der Waals surface area contributed by atoms with Gasteiger partial charge in [-0.25, -0.2) is 0 Å². The standard InChI is InChI=1S/C16H24O/c1-11-9-12(2)15(17)14(10-11)16(3,4)13-7-5-6-8-13/h9-10,13,17H,5-8H2,1-4H3. The number of aromatic hydroxyl groups is 1. The summed E-state index contributed by atoms with van der Waals surface area (Å²) >= 11 is 0. The minimum atomic E-state index is 0.0946. The molecule has 0 atom stereocenters. The largest absolute Gasteiger partial charge is 0.507 e. The molecular weight excluding hydrogens is 208 g/mol. The van der Waals surface area contributed by atoms with Crippen molar-refractivity contribution in [2.24, 2.45) is 5.92 Å². The first-order chi connectivity index (χ1) is 7.93. The van der Waals surface area contributed by atoms with Gasteiger partial charge in [0, 0.05) is 5.56 Å². The van der Waals surface area contributed by atoms with Gasteiger partial charge >= 0.3 is 0 Å². The van der Waals surface area contributed by atoms with Crippen LogP contribution in [0.5, 0.6) is 5.75 Å². The molecule has 1 aromatic rings. The molecule has 0 unspecified atom stereocenters. The maximum absolute atomic E-state index is 10.3. The van der Waals surface area contributed by atoms with Crippen LogP contribution in [0.1, 0.15) is 56.2 Å². The number of hydrogen-bond donors (Lipinski definition) is 1. The van der Waals surface area contributed by atoms with Gasteiger partial charge in [0.25, 0.3) is 0 Å². The molecule has 1 nitrogen and oxygen atoms in total. The monoisotopic (exact) mass is 232 g/mol. The van der Waals surface area contributed by atoms with Crippen LogP contribution in [0.15, 0.2) is 12.1 Å². The average molecular weight is 232 g/mol. The highest BCUT2D eigenvalue weighted by Gasteiger charge is 2.35. The Morgan fingerprint density at radius 1 is 1.12 bits per heavy atom. The summed E-state index contributed by atoms with van der Waals surface area (Å²) in [5.74, 6) is 1.22. The highest BCUT2D eigenvalue weighted by Crippen LogP contribution is 2.45. The summed E-state index contributed by atoms with van der Waals surface area (Å²) < 4.78 is 0.